The van der Waals surface area contributed by atoms with E-state index in [0.717, 1.165) is 31.0 Å². The van der Waals surface area contributed by atoms with Gasteiger partial charge in [0.15, 0.2) is 0 Å². The Morgan fingerprint density at radius 3 is 2.73 bits per heavy atom. The van der Waals surface area contributed by atoms with Gasteiger partial charge in [0.2, 0.25) is 0 Å². The highest BCUT2D eigenvalue weighted by molar-refractivity contribution is 5.68. The van der Waals surface area contributed by atoms with Crippen LogP contribution < -0.4 is 10.6 Å². The molecule has 122 valence electrons. The maximum absolute atomic E-state index is 12.2. The first-order chi connectivity index (χ1) is 10.4. The SMILES string of the molecule is CC(C)(C)OC(=O)N1CCCN(c2cccc(CN)n2)CC1. The molecule has 2 N–H and O–H groups in total. The van der Waals surface area contributed by atoms with E-state index in [9.17, 15) is 4.79 Å². The Bertz CT molecular complexity index is 513. The Labute approximate surface area is 132 Å². The molecule has 0 radical (unpaired) electrons. The molecule has 22 heavy (non-hydrogen) atoms. The standard InChI is InChI=1S/C16H26N4O2/c1-16(2,3)22-15(21)20-9-5-8-19(10-11-20)14-7-4-6-13(12-17)18-14/h4,6-7H,5,8-12,17H2,1-3H3. The van der Waals surface area contributed by atoms with Gasteiger partial charge in [0, 0.05) is 32.7 Å². The topological polar surface area (TPSA) is 71.7 Å². The number of aromatic nitrogens is 1. The van der Waals surface area contributed by atoms with E-state index in [2.05, 4.69) is 9.88 Å². The summed E-state index contributed by atoms with van der Waals surface area (Å²) >= 11 is 0. The summed E-state index contributed by atoms with van der Waals surface area (Å²) < 4.78 is 5.45. The highest BCUT2D eigenvalue weighted by Gasteiger charge is 2.24. The normalized spacial score (nSPS) is 16.4. The smallest absolute Gasteiger partial charge is 0.410 e. The number of nitrogens with two attached hydrogens (primary N) is 1. The van der Waals surface area contributed by atoms with Gasteiger partial charge < -0.3 is 20.3 Å². The molecule has 1 aliphatic heterocycles. The molecule has 2 rings (SSSR count). The van der Waals surface area contributed by atoms with Gasteiger partial charge in [-0.15, -0.1) is 0 Å². The van der Waals surface area contributed by atoms with Crippen molar-refractivity contribution >= 4 is 11.9 Å². The van der Waals surface area contributed by atoms with Gasteiger partial charge >= 0.3 is 6.09 Å². The second kappa shape index (κ2) is 6.96. The van der Waals surface area contributed by atoms with Crippen molar-refractivity contribution in [2.24, 2.45) is 5.73 Å². The fourth-order valence-corrected chi connectivity index (χ4v) is 2.41. The van der Waals surface area contributed by atoms with Crippen LogP contribution in [0.15, 0.2) is 18.2 Å². The van der Waals surface area contributed by atoms with E-state index in [1.807, 2.05) is 39.0 Å². The van der Waals surface area contributed by atoms with Gasteiger partial charge in [-0.05, 0) is 39.3 Å². The molecule has 1 saturated heterocycles. The number of anilines is 1. The molecule has 0 aromatic carbocycles. The monoisotopic (exact) mass is 306 g/mol. The number of carbonyl (C=O) groups is 1. The van der Waals surface area contributed by atoms with E-state index in [-0.39, 0.29) is 6.09 Å². The van der Waals surface area contributed by atoms with E-state index in [0.29, 0.717) is 19.6 Å². The minimum Gasteiger partial charge on any atom is -0.444 e. The van der Waals surface area contributed by atoms with Crippen LogP contribution in [-0.4, -0.2) is 47.8 Å². The van der Waals surface area contributed by atoms with Crippen LogP contribution in [0.5, 0.6) is 0 Å². The number of amides is 1. The quantitative estimate of drug-likeness (QED) is 0.904. The van der Waals surface area contributed by atoms with Crippen LogP contribution in [-0.2, 0) is 11.3 Å². The Morgan fingerprint density at radius 1 is 1.27 bits per heavy atom. The summed E-state index contributed by atoms with van der Waals surface area (Å²) in [5, 5.41) is 0. The third-order valence-electron chi connectivity index (χ3n) is 3.47. The Hall–Kier alpha value is -1.82. The molecule has 0 unspecified atom stereocenters. The zero-order chi connectivity index (χ0) is 16.2. The number of carbonyl (C=O) groups excluding carboxylic acids is 1. The summed E-state index contributed by atoms with van der Waals surface area (Å²) in [7, 11) is 0. The fourth-order valence-electron chi connectivity index (χ4n) is 2.41. The fraction of sp³-hybridized carbons (Fsp3) is 0.625. The number of hydrogen-bond donors (Lipinski definition) is 1. The molecule has 0 aliphatic carbocycles. The van der Waals surface area contributed by atoms with E-state index in [4.69, 9.17) is 10.5 Å². The van der Waals surface area contributed by atoms with Crippen molar-refractivity contribution in [3.05, 3.63) is 23.9 Å². The molecule has 1 aliphatic rings. The van der Waals surface area contributed by atoms with Gasteiger partial charge in [0.25, 0.3) is 0 Å². The van der Waals surface area contributed by atoms with E-state index in [1.54, 1.807) is 4.90 Å². The molecule has 1 amide bonds. The van der Waals surface area contributed by atoms with Gasteiger partial charge in [-0.1, -0.05) is 6.07 Å². The first-order valence-corrected chi connectivity index (χ1v) is 7.78. The van der Waals surface area contributed by atoms with Crippen molar-refractivity contribution in [2.45, 2.75) is 39.3 Å². The summed E-state index contributed by atoms with van der Waals surface area (Å²) in [6.07, 6.45) is 0.659. The lowest BCUT2D eigenvalue weighted by Gasteiger charge is -2.26. The minimum atomic E-state index is -0.458. The van der Waals surface area contributed by atoms with Crippen molar-refractivity contribution in [3.8, 4) is 0 Å². The molecule has 1 aromatic rings. The minimum absolute atomic E-state index is 0.238. The predicted molar refractivity (Wildman–Crippen MR) is 86.8 cm³/mol. The largest absolute Gasteiger partial charge is 0.444 e. The number of ether oxygens (including phenoxy) is 1. The molecular weight excluding hydrogens is 280 g/mol. The van der Waals surface area contributed by atoms with Crippen molar-refractivity contribution in [1.29, 1.82) is 0 Å². The highest BCUT2D eigenvalue weighted by Crippen LogP contribution is 2.16. The van der Waals surface area contributed by atoms with Crippen LogP contribution in [0.4, 0.5) is 10.6 Å². The molecule has 0 spiro atoms. The van der Waals surface area contributed by atoms with Gasteiger partial charge in [0.05, 0.1) is 5.69 Å². The zero-order valence-corrected chi connectivity index (χ0v) is 13.7. The van der Waals surface area contributed by atoms with Gasteiger partial charge in [-0.2, -0.15) is 0 Å². The Balaban J connectivity index is 1.98. The van der Waals surface area contributed by atoms with E-state index in [1.165, 1.54) is 0 Å². The number of hydrogen-bond acceptors (Lipinski definition) is 5. The van der Waals surface area contributed by atoms with Crippen LogP contribution in [0.25, 0.3) is 0 Å². The lowest BCUT2D eigenvalue weighted by molar-refractivity contribution is 0.0263. The molecule has 0 saturated carbocycles. The van der Waals surface area contributed by atoms with Gasteiger partial charge in [-0.3, -0.25) is 0 Å². The molecule has 2 heterocycles. The van der Waals surface area contributed by atoms with Crippen LogP contribution in [0.1, 0.15) is 32.9 Å². The van der Waals surface area contributed by atoms with Crippen molar-refractivity contribution in [2.75, 3.05) is 31.1 Å². The van der Waals surface area contributed by atoms with Crippen molar-refractivity contribution in [3.63, 3.8) is 0 Å². The maximum Gasteiger partial charge on any atom is 0.410 e. The molecule has 1 aromatic heterocycles. The molecule has 1 fully saturated rings. The molecule has 6 nitrogen and oxygen atoms in total. The first kappa shape index (κ1) is 16.5. The lowest BCUT2D eigenvalue weighted by Crippen LogP contribution is -2.39. The summed E-state index contributed by atoms with van der Waals surface area (Å²) in [5.41, 5.74) is 6.07. The Morgan fingerprint density at radius 2 is 2.05 bits per heavy atom. The molecule has 0 atom stereocenters. The molecule has 6 heteroatoms. The number of pyridine rings is 1. The van der Waals surface area contributed by atoms with Crippen LogP contribution >= 0.6 is 0 Å². The third kappa shape index (κ3) is 4.59. The van der Waals surface area contributed by atoms with Crippen molar-refractivity contribution < 1.29 is 9.53 Å². The van der Waals surface area contributed by atoms with Crippen LogP contribution in [0.2, 0.25) is 0 Å². The zero-order valence-electron chi connectivity index (χ0n) is 13.7. The van der Waals surface area contributed by atoms with Crippen molar-refractivity contribution in [1.82, 2.24) is 9.88 Å². The summed E-state index contributed by atoms with van der Waals surface area (Å²) in [6.45, 7) is 9.07. The highest BCUT2D eigenvalue weighted by atomic mass is 16.6. The van der Waals surface area contributed by atoms with Crippen LogP contribution in [0.3, 0.4) is 0 Å². The number of rotatable bonds is 2. The molecular formula is C16H26N4O2. The van der Waals surface area contributed by atoms with Gasteiger partial charge in [-0.25, -0.2) is 9.78 Å². The number of nitrogens with zero attached hydrogens (tertiary/aromatic N) is 3. The Kier molecular flexibility index (Phi) is 5.24. The second-order valence-corrected chi connectivity index (χ2v) is 6.50. The van der Waals surface area contributed by atoms with Crippen LogP contribution in [0, 0.1) is 0 Å². The lowest BCUT2D eigenvalue weighted by atomic mass is 10.2. The summed E-state index contributed by atoms with van der Waals surface area (Å²) in [6, 6.07) is 5.89. The second-order valence-electron chi connectivity index (χ2n) is 6.50. The first-order valence-electron chi connectivity index (χ1n) is 7.78. The average molecular weight is 306 g/mol. The van der Waals surface area contributed by atoms with Gasteiger partial charge in [0.1, 0.15) is 11.4 Å². The molecule has 0 bridgehead atoms. The summed E-state index contributed by atoms with van der Waals surface area (Å²) in [4.78, 5) is 20.7. The summed E-state index contributed by atoms with van der Waals surface area (Å²) in [5.74, 6) is 0.925. The maximum atomic E-state index is 12.2. The van der Waals surface area contributed by atoms with E-state index < -0.39 is 5.60 Å². The third-order valence-corrected chi connectivity index (χ3v) is 3.47. The van der Waals surface area contributed by atoms with E-state index >= 15 is 0 Å². The average Bonchev–Trinajstić information content (AvgIpc) is 2.71. The predicted octanol–water partition coefficient (Wildman–Crippen LogP) is 1.99.